The maximum Gasteiger partial charge on any atom is 0.203 e. The molecule has 0 spiro atoms. The molecule has 2 aromatic carbocycles. The van der Waals surface area contributed by atoms with Crippen LogP contribution in [0.25, 0.3) is 0 Å². The molecule has 2 aromatic rings. The summed E-state index contributed by atoms with van der Waals surface area (Å²) in [6.45, 7) is 0. The van der Waals surface area contributed by atoms with E-state index >= 15 is 0 Å². The molecule has 5 nitrogen and oxygen atoms in total. The van der Waals surface area contributed by atoms with Crippen molar-refractivity contribution < 1.29 is 14.2 Å². The number of hydrogen-bond acceptors (Lipinski definition) is 4. The van der Waals surface area contributed by atoms with Crippen LogP contribution in [0, 0.1) is 0 Å². The molecule has 0 aliphatic rings. The number of thiocarbonyl (C=S) groups is 1. The van der Waals surface area contributed by atoms with Gasteiger partial charge in [-0.1, -0.05) is 23.2 Å². The third-order valence-corrected chi connectivity index (χ3v) is 3.85. The van der Waals surface area contributed by atoms with E-state index in [1.54, 1.807) is 51.7 Å². The fraction of sp³-hybridized carbons (Fsp3) is 0.188. The number of anilines is 2. The van der Waals surface area contributed by atoms with Crippen molar-refractivity contribution in [1.82, 2.24) is 0 Å². The number of methoxy groups -OCH3 is 3. The topological polar surface area (TPSA) is 51.8 Å². The van der Waals surface area contributed by atoms with Gasteiger partial charge < -0.3 is 24.8 Å². The molecule has 0 saturated heterocycles. The summed E-state index contributed by atoms with van der Waals surface area (Å²) in [6, 6.07) is 8.59. The molecular weight excluding hydrogens is 371 g/mol. The maximum atomic E-state index is 6.12. The minimum Gasteiger partial charge on any atom is -0.493 e. The third kappa shape index (κ3) is 4.35. The van der Waals surface area contributed by atoms with Gasteiger partial charge in [-0.2, -0.15) is 0 Å². The molecule has 0 heterocycles. The summed E-state index contributed by atoms with van der Waals surface area (Å²) in [5, 5.41) is 7.43. The molecule has 0 aromatic heterocycles. The van der Waals surface area contributed by atoms with Crippen LogP contribution in [0.1, 0.15) is 0 Å². The van der Waals surface area contributed by atoms with Gasteiger partial charge in [-0.15, -0.1) is 0 Å². The highest BCUT2D eigenvalue weighted by molar-refractivity contribution is 7.80. The van der Waals surface area contributed by atoms with E-state index in [0.717, 1.165) is 0 Å². The first-order chi connectivity index (χ1) is 11.5. The van der Waals surface area contributed by atoms with Crippen molar-refractivity contribution in [2.75, 3.05) is 32.0 Å². The zero-order valence-electron chi connectivity index (χ0n) is 13.3. The Kier molecular flexibility index (Phi) is 6.36. The molecule has 0 aliphatic carbocycles. The Labute approximate surface area is 155 Å². The van der Waals surface area contributed by atoms with Crippen molar-refractivity contribution in [3.05, 3.63) is 40.4 Å². The summed E-state index contributed by atoms with van der Waals surface area (Å²) in [6.07, 6.45) is 0. The van der Waals surface area contributed by atoms with E-state index < -0.39 is 0 Å². The van der Waals surface area contributed by atoms with Crippen molar-refractivity contribution in [2.45, 2.75) is 0 Å². The minimum absolute atomic E-state index is 0.355. The SMILES string of the molecule is COc1cc(NC(=S)Nc2ccc(Cl)cc2Cl)cc(OC)c1OC. The summed E-state index contributed by atoms with van der Waals surface area (Å²) in [7, 11) is 4.64. The molecule has 2 rings (SSSR count). The van der Waals surface area contributed by atoms with E-state index in [9.17, 15) is 0 Å². The lowest BCUT2D eigenvalue weighted by molar-refractivity contribution is 0.324. The van der Waals surface area contributed by atoms with E-state index in [0.29, 0.717) is 43.8 Å². The summed E-state index contributed by atoms with van der Waals surface area (Å²) >= 11 is 17.3. The van der Waals surface area contributed by atoms with Crippen molar-refractivity contribution in [3.63, 3.8) is 0 Å². The first-order valence-corrected chi connectivity index (χ1v) is 7.98. The van der Waals surface area contributed by atoms with E-state index in [-0.39, 0.29) is 0 Å². The summed E-state index contributed by atoms with van der Waals surface area (Å²) in [5.74, 6) is 1.54. The van der Waals surface area contributed by atoms with Crippen molar-refractivity contribution in [2.24, 2.45) is 0 Å². The van der Waals surface area contributed by atoms with Crippen molar-refractivity contribution in [3.8, 4) is 17.2 Å². The first-order valence-electron chi connectivity index (χ1n) is 6.81. The first kappa shape index (κ1) is 18.4. The van der Waals surface area contributed by atoms with Gasteiger partial charge in [0.05, 0.1) is 32.0 Å². The average molecular weight is 387 g/mol. The number of ether oxygens (including phenoxy) is 3. The second kappa shape index (κ2) is 8.28. The fourth-order valence-electron chi connectivity index (χ4n) is 2.03. The van der Waals surface area contributed by atoms with Crippen LogP contribution in [-0.4, -0.2) is 26.4 Å². The molecule has 0 amide bonds. The number of halogens is 2. The van der Waals surface area contributed by atoms with E-state index in [4.69, 9.17) is 49.6 Å². The van der Waals surface area contributed by atoms with E-state index in [1.165, 1.54) is 0 Å². The molecule has 8 heteroatoms. The molecule has 0 saturated carbocycles. The van der Waals surface area contributed by atoms with Gasteiger partial charge in [0.1, 0.15) is 0 Å². The standard InChI is InChI=1S/C16H16Cl2N2O3S/c1-21-13-7-10(8-14(22-2)15(13)23-3)19-16(24)20-12-5-4-9(17)6-11(12)18/h4-8H,1-3H3,(H2,19,20,24). The highest BCUT2D eigenvalue weighted by Gasteiger charge is 2.14. The quantitative estimate of drug-likeness (QED) is 0.717. The molecular formula is C16H16Cl2N2O3S. The fourth-order valence-corrected chi connectivity index (χ4v) is 2.71. The average Bonchev–Trinajstić information content (AvgIpc) is 2.56. The highest BCUT2D eigenvalue weighted by Crippen LogP contribution is 2.40. The lowest BCUT2D eigenvalue weighted by Gasteiger charge is -2.16. The van der Waals surface area contributed by atoms with Gasteiger partial charge in [0.15, 0.2) is 16.6 Å². The predicted octanol–water partition coefficient (Wildman–Crippen LogP) is 4.83. The molecule has 128 valence electrons. The van der Waals surface area contributed by atoms with E-state index in [2.05, 4.69) is 10.6 Å². The van der Waals surface area contributed by atoms with Gasteiger partial charge in [0.2, 0.25) is 5.75 Å². The van der Waals surface area contributed by atoms with E-state index in [1.807, 2.05) is 0 Å². The number of hydrogen-bond donors (Lipinski definition) is 2. The van der Waals surface area contributed by atoms with Crippen LogP contribution < -0.4 is 24.8 Å². The Morgan fingerprint density at radius 1 is 0.917 bits per heavy atom. The Bertz CT molecular complexity index is 731. The van der Waals surface area contributed by atoms with Crippen LogP contribution in [0.5, 0.6) is 17.2 Å². The molecule has 24 heavy (non-hydrogen) atoms. The summed E-state index contributed by atoms with van der Waals surface area (Å²) in [5.41, 5.74) is 1.32. The van der Waals surface area contributed by atoms with Crippen molar-refractivity contribution >= 4 is 51.9 Å². The molecule has 0 radical (unpaired) electrons. The van der Waals surface area contributed by atoms with Gasteiger partial charge >= 0.3 is 0 Å². The highest BCUT2D eigenvalue weighted by atomic mass is 35.5. The lowest BCUT2D eigenvalue weighted by atomic mass is 10.2. The smallest absolute Gasteiger partial charge is 0.203 e. The summed E-state index contributed by atoms with van der Waals surface area (Å²) in [4.78, 5) is 0. The molecule has 0 atom stereocenters. The van der Waals surface area contributed by atoms with Gasteiger partial charge in [-0.25, -0.2) is 0 Å². The number of benzene rings is 2. The maximum absolute atomic E-state index is 6.12. The van der Waals surface area contributed by atoms with Crippen LogP contribution >= 0.6 is 35.4 Å². The predicted molar refractivity (Wildman–Crippen MR) is 102 cm³/mol. The zero-order chi connectivity index (χ0) is 17.7. The second-order valence-corrected chi connectivity index (χ2v) is 5.87. The van der Waals surface area contributed by atoms with Crippen LogP contribution in [0.2, 0.25) is 10.0 Å². The number of rotatable bonds is 5. The minimum atomic E-state index is 0.355. The zero-order valence-corrected chi connectivity index (χ0v) is 15.6. The lowest BCUT2D eigenvalue weighted by Crippen LogP contribution is -2.19. The summed E-state index contributed by atoms with van der Waals surface area (Å²) < 4.78 is 15.9. The van der Waals surface area contributed by atoms with Gasteiger partial charge in [0.25, 0.3) is 0 Å². The van der Waals surface area contributed by atoms with Gasteiger partial charge in [0, 0.05) is 22.8 Å². The Morgan fingerprint density at radius 3 is 2.04 bits per heavy atom. The molecule has 2 N–H and O–H groups in total. The second-order valence-electron chi connectivity index (χ2n) is 4.62. The van der Waals surface area contributed by atoms with Gasteiger partial charge in [-0.05, 0) is 30.4 Å². The Hall–Kier alpha value is -1.89. The Balaban J connectivity index is 2.19. The molecule has 0 bridgehead atoms. The number of nitrogens with one attached hydrogen (secondary N) is 2. The van der Waals surface area contributed by atoms with Crippen LogP contribution in [-0.2, 0) is 0 Å². The van der Waals surface area contributed by atoms with Crippen LogP contribution in [0.3, 0.4) is 0 Å². The molecule has 0 unspecified atom stereocenters. The normalized spacial score (nSPS) is 10.0. The molecule has 0 fully saturated rings. The Morgan fingerprint density at radius 2 is 1.54 bits per heavy atom. The van der Waals surface area contributed by atoms with Crippen LogP contribution in [0.15, 0.2) is 30.3 Å². The van der Waals surface area contributed by atoms with Gasteiger partial charge in [-0.3, -0.25) is 0 Å². The monoisotopic (exact) mass is 386 g/mol. The van der Waals surface area contributed by atoms with Crippen LogP contribution in [0.4, 0.5) is 11.4 Å². The van der Waals surface area contributed by atoms with Crippen molar-refractivity contribution in [1.29, 1.82) is 0 Å². The largest absolute Gasteiger partial charge is 0.493 e. The third-order valence-electron chi connectivity index (χ3n) is 3.10. The molecule has 0 aliphatic heterocycles.